The molecule has 1 unspecified atom stereocenters. The van der Waals surface area contributed by atoms with E-state index in [-0.39, 0.29) is 18.5 Å². The van der Waals surface area contributed by atoms with Gasteiger partial charge < -0.3 is 10.1 Å². The molecule has 1 spiro atoms. The molecule has 0 radical (unpaired) electrons. The molecule has 1 N–H and O–H groups in total. The molecular weight excluding hydrogens is 542 g/mol. The van der Waals surface area contributed by atoms with Gasteiger partial charge in [-0.1, -0.05) is 47.5 Å². The molecule has 36 heavy (non-hydrogen) atoms. The van der Waals surface area contributed by atoms with Crippen molar-refractivity contribution in [3.63, 3.8) is 0 Å². The van der Waals surface area contributed by atoms with Gasteiger partial charge in [-0.15, -0.1) is 0 Å². The number of carbonyl (C=O) groups is 1. The van der Waals surface area contributed by atoms with Crippen molar-refractivity contribution in [2.24, 2.45) is 5.92 Å². The summed E-state index contributed by atoms with van der Waals surface area (Å²) in [6.45, 7) is 8.36. The third-order valence-corrected chi connectivity index (χ3v) is 9.36. The zero-order valence-corrected chi connectivity index (χ0v) is 23.6. The van der Waals surface area contributed by atoms with E-state index in [0.29, 0.717) is 30.5 Å². The summed E-state index contributed by atoms with van der Waals surface area (Å²) in [6, 6.07) is 14.3. The number of halogens is 1. The minimum atomic E-state index is -3.68. The Kier molecular flexibility index (Phi) is 8.56. The number of rotatable bonds is 7. The van der Waals surface area contributed by atoms with Gasteiger partial charge in [0.25, 0.3) is 0 Å². The first-order chi connectivity index (χ1) is 17.1. The van der Waals surface area contributed by atoms with E-state index in [4.69, 9.17) is 4.74 Å². The minimum Gasteiger partial charge on any atom is -0.371 e. The number of piperidine rings is 1. The molecule has 2 fully saturated rings. The summed E-state index contributed by atoms with van der Waals surface area (Å²) in [5, 5.41) is 2.95. The number of morpholine rings is 1. The lowest BCUT2D eigenvalue weighted by molar-refractivity contribution is -0.146. The van der Waals surface area contributed by atoms with Crippen LogP contribution >= 0.6 is 15.9 Å². The highest BCUT2D eigenvalue weighted by Gasteiger charge is 2.47. The van der Waals surface area contributed by atoms with Crippen LogP contribution in [0.25, 0.3) is 0 Å². The summed E-state index contributed by atoms with van der Waals surface area (Å²) in [4.78, 5) is 15.1. The van der Waals surface area contributed by atoms with Gasteiger partial charge in [-0.25, -0.2) is 8.42 Å². The van der Waals surface area contributed by atoms with Crippen molar-refractivity contribution >= 4 is 37.5 Å². The van der Waals surface area contributed by atoms with E-state index in [0.717, 1.165) is 41.5 Å². The van der Waals surface area contributed by atoms with E-state index < -0.39 is 15.6 Å². The van der Waals surface area contributed by atoms with Gasteiger partial charge >= 0.3 is 0 Å². The summed E-state index contributed by atoms with van der Waals surface area (Å²) in [7, 11) is -3.68. The number of nitrogens with zero attached hydrogens (tertiary/aromatic N) is 2. The summed E-state index contributed by atoms with van der Waals surface area (Å²) < 4.78 is 36.7. The third-order valence-electron chi connectivity index (χ3n) is 6.92. The van der Waals surface area contributed by atoms with Gasteiger partial charge in [0.15, 0.2) is 0 Å². The molecule has 0 bridgehead atoms. The molecule has 2 saturated heterocycles. The normalized spacial score (nSPS) is 23.8. The molecule has 0 saturated carbocycles. The van der Waals surface area contributed by atoms with Gasteiger partial charge in [0.1, 0.15) is 0 Å². The van der Waals surface area contributed by atoms with Gasteiger partial charge in [-0.2, -0.15) is 4.31 Å². The zero-order valence-electron chi connectivity index (χ0n) is 21.2. The Hall–Kier alpha value is -1.78. The summed E-state index contributed by atoms with van der Waals surface area (Å²) in [5.74, 6) is 0.250. The number of aryl methyl sites for hydroxylation is 1. The molecule has 2 aromatic carbocycles. The highest BCUT2D eigenvalue weighted by Crippen LogP contribution is 2.35. The largest absolute Gasteiger partial charge is 0.371 e. The fraction of sp³-hybridized carbons (Fsp3) is 0.519. The average molecular weight is 579 g/mol. The first-order valence-corrected chi connectivity index (χ1v) is 14.8. The van der Waals surface area contributed by atoms with Crippen molar-refractivity contribution in [2.75, 3.05) is 38.1 Å². The molecule has 1 amide bonds. The Balaban J connectivity index is 1.49. The highest BCUT2D eigenvalue weighted by molar-refractivity contribution is 9.10. The van der Waals surface area contributed by atoms with E-state index in [2.05, 4.69) is 40.0 Å². The van der Waals surface area contributed by atoms with E-state index in [1.807, 2.05) is 43.3 Å². The molecule has 4 rings (SSSR count). The fourth-order valence-electron chi connectivity index (χ4n) is 5.18. The van der Waals surface area contributed by atoms with Crippen molar-refractivity contribution in [1.82, 2.24) is 9.21 Å². The number of anilines is 1. The topological polar surface area (TPSA) is 79.0 Å². The Morgan fingerprint density at radius 3 is 2.50 bits per heavy atom. The number of hydrogen-bond acceptors (Lipinski definition) is 5. The highest BCUT2D eigenvalue weighted by atomic mass is 79.9. The van der Waals surface area contributed by atoms with Crippen LogP contribution in [0.2, 0.25) is 0 Å². The molecule has 2 aliphatic heterocycles. The van der Waals surface area contributed by atoms with E-state index in [9.17, 15) is 13.2 Å². The fourth-order valence-corrected chi connectivity index (χ4v) is 7.14. The number of ether oxygens (including phenoxy) is 1. The van der Waals surface area contributed by atoms with Crippen molar-refractivity contribution < 1.29 is 17.9 Å². The maximum atomic E-state index is 13.8. The quantitative estimate of drug-likeness (QED) is 0.517. The van der Waals surface area contributed by atoms with Gasteiger partial charge in [-0.05, 0) is 75.0 Å². The lowest BCUT2D eigenvalue weighted by Gasteiger charge is -2.50. The van der Waals surface area contributed by atoms with Crippen LogP contribution in [-0.2, 0) is 19.6 Å². The van der Waals surface area contributed by atoms with Crippen LogP contribution in [0.15, 0.2) is 57.9 Å². The molecule has 9 heteroatoms. The maximum absolute atomic E-state index is 13.8. The SMILES string of the molecule is Cc1ccc(S(=O)(=O)N2CC3(CCCN(CC(=O)Nc4ccc(Br)cc4)C3)OC[C@@H]2CC(C)C)cc1. The van der Waals surface area contributed by atoms with Crippen LogP contribution in [0.1, 0.15) is 38.7 Å². The van der Waals surface area contributed by atoms with Gasteiger partial charge in [0.05, 0.1) is 23.6 Å². The Morgan fingerprint density at radius 1 is 1.14 bits per heavy atom. The second-order valence-electron chi connectivity index (χ2n) is 10.5. The molecule has 0 aromatic heterocycles. The van der Waals surface area contributed by atoms with Crippen molar-refractivity contribution in [3.05, 3.63) is 58.6 Å². The predicted octanol–water partition coefficient (Wildman–Crippen LogP) is 4.67. The second kappa shape index (κ2) is 11.3. The number of hydrogen-bond donors (Lipinski definition) is 1. The van der Waals surface area contributed by atoms with Crippen LogP contribution in [0.5, 0.6) is 0 Å². The number of nitrogens with one attached hydrogen (secondary N) is 1. The summed E-state index contributed by atoms with van der Waals surface area (Å²) in [6.07, 6.45) is 2.35. The Morgan fingerprint density at radius 2 is 1.83 bits per heavy atom. The van der Waals surface area contributed by atoms with Crippen LogP contribution in [-0.4, -0.2) is 68.0 Å². The summed E-state index contributed by atoms with van der Waals surface area (Å²) in [5.41, 5.74) is 1.15. The molecule has 0 aliphatic carbocycles. The Bertz CT molecular complexity index is 1150. The van der Waals surface area contributed by atoms with E-state index >= 15 is 0 Å². The Labute approximate surface area is 223 Å². The standard InChI is InChI=1S/C27H36BrN3O4S/c1-20(2)15-24-17-35-27(19-31(24)36(33,34)25-11-5-21(3)6-12-25)13-4-14-30(18-27)16-26(32)29-23-9-7-22(28)8-10-23/h5-12,20,24H,4,13-19H2,1-3H3,(H,29,32)/t24-,27?/m0/s1. The minimum absolute atomic E-state index is 0.0907. The van der Waals surface area contributed by atoms with Crippen LogP contribution in [0.4, 0.5) is 5.69 Å². The second-order valence-corrected chi connectivity index (χ2v) is 13.3. The smallest absolute Gasteiger partial charge is 0.243 e. The number of benzene rings is 2. The zero-order chi connectivity index (χ0) is 25.9. The number of likely N-dealkylation sites (tertiary alicyclic amines) is 1. The van der Waals surface area contributed by atoms with E-state index in [1.165, 1.54) is 0 Å². The molecule has 2 aromatic rings. The average Bonchev–Trinajstić information content (AvgIpc) is 2.82. The summed E-state index contributed by atoms with van der Waals surface area (Å²) >= 11 is 3.40. The van der Waals surface area contributed by atoms with Crippen LogP contribution in [0, 0.1) is 12.8 Å². The van der Waals surface area contributed by atoms with Crippen molar-refractivity contribution in [1.29, 1.82) is 0 Å². The maximum Gasteiger partial charge on any atom is 0.243 e. The lowest BCUT2D eigenvalue weighted by atomic mass is 9.89. The third kappa shape index (κ3) is 6.55. The first kappa shape index (κ1) is 27.3. The van der Waals surface area contributed by atoms with Gasteiger partial charge in [0, 0.05) is 29.3 Å². The molecule has 2 aliphatic rings. The molecule has 2 heterocycles. The van der Waals surface area contributed by atoms with Crippen molar-refractivity contribution in [3.8, 4) is 0 Å². The molecular formula is C27H36BrN3O4S. The van der Waals surface area contributed by atoms with E-state index in [1.54, 1.807) is 16.4 Å². The van der Waals surface area contributed by atoms with Gasteiger partial charge in [0.2, 0.25) is 15.9 Å². The molecule has 2 atom stereocenters. The number of carbonyl (C=O) groups excluding carboxylic acids is 1. The monoisotopic (exact) mass is 577 g/mol. The molecule has 196 valence electrons. The lowest BCUT2D eigenvalue weighted by Crippen LogP contribution is -2.64. The predicted molar refractivity (Wildman–Crippen MR) is 145 cm³/mol. The number of sulfonamides is 1. The van der Waals surface area contributed by atoms with Crippen LogP contribution < -0.4 is 5.32 Å². The first-order valence-electron chi connectivity index (χ1n) is 12.6. The number of amides is 1. The van der Waals surface area contributed by atoms with Crippen LogP contribution in [0.3, 0.4) is 0 Å². The van der Waals surface area contributed by atoms with Crippen molar-refractivity contribution in [2.45, 2.75) is 56.6 Å². The molecule has 7 nitrogen and oxygen atoms in total. The van der Waals surface area contributed by atoms with Gasteiger partial charge in [-0.3, -0.25) is 9.69 Å².